The van der Waals surface area contributed by atoms with Crippen LogP contribution in [-0.2, 0) is 9.68 Å². The van der Waals surface area contributed by atoms with Gasteiger partial charge in [0.1, 0.15) is 53.7 Å². The van der Waals surface area contributed by atoms with Gasteiger partial charge in [0.2, 0.25) is 0 Å². The van der Waals surface area contributed by atoms with Crippen LogP contribution in [0.3, 0.4) is 0 Å². The number of H-pyrrole nitrogens is 4. The van der Waals surface area contributed by atoms with Crippen molar-refractivity contribution in [3.63, 3.8) is 0 Å². The third kappa shape index (κ3) is 12.0. The first kappa shape index (κ1) is 48.3. The van der Waals surface area contributed by atoms with E-state index in [1.807, 2.05) is 51.4 Å². The van der Waals surface area contributed by atoms with E-state index in [9.17, 15) is 0 Å². The number of halogens is 1. The molecular formula is C34H36ClK2N15O6. The third-order valence-corrected chi connectivity index (χ3v) is 7.86. The summed E-state index contributed by atoms with van der Waals surface area (Å²) in [6.07, 6.45) is 15.1. The molecule has 0 aliphatic heterocycles. The molecule has 0 aliphatic carbocycles. The van der Waals surface area contributed by atoms with Gasteiger partial charge in [0, 0.05) is 34.7 Å². The first-order valence-corrected chi connectivity index (χ1v) is 16.6. The van der Waals surface area contributed by atoms with Crippen LogP contribution in [0.15, 0.2) is 74.4 Å². The van der Waals surface area contributed by atoms with E-state index in [1.54, 1.807) is 61.8 Å². The van der Waals surface area contributed by atoms with Gasteiger partial charge in [-0.15, -0.1) is 0 Å². The number of nitrogens with one attached hydrogen (secondary N) is 4. The molecule has 9 aromatic rings. The molecular weight excluding hydrogens is 828 g/mol. The number of pyridine rings is 3. The van der Waals surface area contributed by atoms with Gasteiger partial charge in [-0.05, 0) is 39.0 Å². The zero-order valence-corrected chi connectivity index (χ0v) is 39.8. The topological polar surface area (TPSA) is 266 Å². The Morgan fingerprint density at radius 3 is 1.67 bits per heavy atom. The zero-order chi connectivity index (χ0) is 40.0. The Kier molecular flexibility index (Phi) is 20.0. The van der Waals surface area contributed by atoms with Crippen molar-refractivity contribution in [1.82, 2.24) is 74.6 Å². The van der Waals surface area contributed by atoms with Crippen LogP contribution in [0.1, 0.15) is 18.9 Å². The van der Waals surface area contributed by atoms with Crippen molar-refractivity contribution in [2.75, 3.05) is 21.3 Å². The number of carbonyl (C=O) groups excluding carboxylic acids is 1. The quantitative estimate of drug-likeness (QED) is 0.0455. The van der Waals surface area contributed by atoms with E-state index in [1.165, 1.54) is 12.7 Å². The molecule has 0 saturated carbocycles. The molecule has 0 bridgehead atoms. The van der Waals surface area contributed by atoms with Gasteiger partial charge in [0.25, 0.3) is 6.47 Å². The summed E-state index contributed by atoms with van der Waals surface area (Å²) in [4.78, 5) is 45.1. The molecule has 0 saturated heterocycles. The van der Waals surface area contributed by atoms with Crippen LogP contribution in [0.25, 0.3) is 44.3 Å². The number of ether oxygens (including phenoxy) is 3. The molecule has 21 nitrogen and oxygen atoms in total. The van der Waals surface area contributed by atoms with E-state index in [0.717, 1.165) is 67.4 Å². The van der Waals surface area contributed by atoms with Crippen molar-refractivity contribution in [2.45, 2.75) is 20.8 Å². The molecule has 9 rings (SSSR count). The molecule has 0 atom stereocenters. The fraction of sp³-hybridized carbons (Fsp3) is 0.176. The predicted octanol–water partition coefficient (Wildman–Crippen LogP) is -2.19. The molecule has 4 N–H and O–H groups in total. The molecule has 9 heterocycles. The molecule has 0 spiro atoms. The van der Waals surface area contributed by atoms with Crippen molar-refractivity contribution >= 4 is 50.8 Å². The number of aromatic nitrogens is 15. The first-order chi connectivity index (χ1) is 27.2. The van der Waals surface area contributed by atoms with Crippen LogP contribution in [-0.4, -0.2) is 102 Å². The summed E-state index contributed by atoms with van der Waals surface area (Å²) < 4.78 is 19.0. The fourth-order valence-corrected chi connectivity index (χ4v) is 5.27. The minimum Gasteiger partial charge on any atom is -1.00 e. The monoisotopic (exact) mass is 863 g/mol. The largest absolute Gasteiger partial charge is 1.00 e. The van der Waals surface area contributed by atoms with Crippen molar-refractivity contribution in [1.29, 1.82) is 0 Å². The summed E-state index contributed by atoms with van der Waals surface area (Å²) in [6.45, 7) is 5.40. The van der Waals surface area contributed by atoms with Crippen LogP contribution in [0.4, 0.5) is 0 Å². The number of fused-ring (bicyclic) bond motifs is 3. The molecule has 9 aromatic heterocycles. The smallest absolute Gasteiger partial charge is 1.00 e. The van der Waals surface area contributed by atoms with Gasteiger partial charge in [-0.2, -0.15) is 20.0 Å². The Labute approximate surface area is 421 Å². The molecule has 58 heavy (non-hydrogen) atoms. The molecule has 292 valence electrons. The minimum atomic E-state index is -0.181. The van der Waals surface area contributed by atoms with Gasteiger partial charge >= 0.3 is 103 Å². The second kappa shape index (κ2) is 24.1. The molecule has 0 aromatic carbocycles. The average molecular weight is 864 g/mol. The van der Waals surface area contributed by atoms with Crippen LogP contribution in [0.2, 0.25) is 5.15 Å². The van der Waals surface area contributed by atoms with Gasteiger partial charge in [-0.3, -0.25) is 9.89 Å². The number of methoxy groups -OCH3 is 3. The van der Waals surface area contributed by atoms with Gasteiger partial charge in [-0.1, -0.05) is 11.6 Å². The molecule has 0 aliphatic rings. The van der Waals surface area contributed by atoms with Crippen LogP contribution < -0.4 is 122 Å². The van der Waals surface area contributed by atoms with Gasteiger partial charge in [0.05, 0.1) is 56.5 Å². The van der Waals surface area contributed by atoms with Gasteiger partial charge < -0.3 is 40.7 Å². The number of hydrogen-bond acceptors (Lipinski definition) is 15. The third-order valence-electron chi connectivity index (χ3n) is 7.57. The van der Waals surface area contributed by atoms with Gasteiger partial charge in [-0.25, -0.2) is 34.6 Å². The maximum Gasteiger partial charge on any atom is 1.00 e. The van der Waals surface area contributed by atoms with E-state index in [0.29, 0.717) is 16.8 Å². The maximum atomic E-state index is 8.64. The fourth-order valence-electron chi connectivity index (χ4n) is 5.07. The number of hydrogen-bond donors (Lipinski definition) is 4. The van der Waals surface area contributed by atoms with E-state index in [2.05, 4.69) is 70.1 Å². The van der Waals surface area contributed by atoms with Crippen LogP contribution >= 0.6 is 11.6 Å². The van der Waals surface area contributed by atoms with Crippen LogP contribution in [0.5, 0.6) is 17.2 Å². The van der Waals surface area contributed by atoms with Crippen molar-refractivity contribution in [2.24, 2.45) is 0 Å². The Hall–Kier alpha value is -4.12. The summed E-state index contributed by atoms with van der Waals surface area (Å²) in [5.41, 5.74) is 2.59. The average Bonchev–Trinajstić information content (AvgIpc) is 4.07. The van der Waals surface area contributed by atoms with E-state index >= 15 is 0 Å². The number of carbonyl (C=O) groups is 1. The normalized spacial score (nSPS) is 9.86. The molecule has 24 heteroatoms. The molecule has 0 radical (unpaired) electrons. The van der Waals surface area contributed by atoms with E-state index in [4.69, 9.17) is 35.9 Å². The number of aromatic amines is 4. The predicted molar refractivity (Wildman–Crippen MR) is 202 cm³/mol. The Morgan fingerprint density at radius 1 is 0.724 bits per heavy atom. The number of aryl methyl sites for hydroxylation is 3. The Balaban J connectivity index is 0.000000270. The Bertz CT molecular complexity index is 2610. The standard InChI is InChI=1S/2C11H11N5O.C8H7ClN2O.C3H5N3.CH2O3.2K.H/c1-7-14-6-16(15-7)11-10-8(3-4-12-10)9(17-2)5-13-11;1-7-14-6-15-16(7)11-10-8(3-4-12-10)9(17-2)5-13-11;1-12-6-4-11-8(9)7-5(6)2-3-10-7;1-3-4-2-5-6-3;2-1-4-3;;;/h2*3-6,12H,1-2H3;2-4,10H,1H3;2H,1H3,(H,4,5,6);1,3H;;;/q;;;;;2*+1;-1/p-1. The van der Waals surface area contributed by atoms with Crippen molar-refractivity contribution in [3.8, 4) is 28.9 Å². The van der Waals surface area contributed by atoms with Crippen LogP contribution in [0, 0.1) is 20.8 Å². The van der Waals surface area contributed by atoms with Crippen molar-refractivity contribution < 1.29 is 133 Å². The van der Waals surface area contributed by atoms with E-state index < -0.39 is 0 Å². The number of nitrogens with zero attached hydrogens (tertiary/aromatic N) is 11. The summed E-state index contributed by atoms with van der Waals surface area (Å²) in [7, 11) is 4.87. The molecule has 0 amide bonds. The summed E-state index contributed by atoms with van der Waals surface area (Å²) in [5, 5.41) is 26.4. The maximum absolute atomic E-state index is 8.64. The second-order valence-electron chi connectivity index (χ2n) is 10.9. The number of rotatable bonds is 6. The van der Waals surface area contributed by atoms with E-state index in [-0.39, 0.29) is 111 Å². The molecule has 0 unspecified atom stereocenters. The first-order valence-electron chi connectivity index (χ1n) is 16.2. The SMILES string of the molecule is COc1cnc(-n2cnc(C)n2)c2[nH]ccc12.COc1cnc(-n2ncnc2C)c2[nH]ccc12.COc1cnc(Cl)c2[nH]ccc12.Cc1ncn[nH]1.O=CO[O-].[H-].[K+].[K+]. The van der Waals surface area contributed by atoms with Crippen molar-refractivity contribution in [3.05, 3.63) is 97.0 Å². The second-order valence-corrected chi connectivity index (χ2v) is 11.3. The zero-order valence-electron chi connectivity index (χ0n) is 33.8. The summed E-state index contributed by atoms with van der Waals surface area (Å²) in [5.74, 6) is 6.00. The summed E-state index contributed by atoms with van der Waals surface area (Å²) in [6, 6.07) is 5.80. The Morgan fingerprint density at radius 2 is 1.24 bits per heavy atom. The molecule has 0 fully saturated rings. The van der Waals surface area contributed by atoms with Gasteiger partial charge in [0.15, 0.2) is 16.8 Å². The summed E-state index contributed by atoms with van der Waals surface area (Å²) >= 11 is 5.83. The minimum absolute atomic E-state index is 0.